The monoisotopic (exact) mass is 338 g/mol. The predicted molar refractivity (Wildman–Crippen MR) is 90.0 cm³/mol. The summed E-state index contributed by atoms with van der Waals surface area (Å²) in [7, 11) is 1.58. The van der Waals surface area contributed by atoms with Gasteiger partial charge in [0, 0.05) is 37.7 Å². The standard InChI is InChI=1S/C18H18N4O3/c1-24-11-15-20-17(21-25-15)13-7-9-22(10-13)18(23)16-14-5-3-2-4-12(14)6-8-19-16/h2-6,8,13H,7,9-11H2,1H3. The van der Waals surface area contributed by atoms with E-state index in [1.54, 1.807) is 13.3 Å². The molecule has 1 unspecified atom stereocenters. The number of aromatic nitrogens is 3. The van der Waals surface area contributed by atoms with Crippen LogP contribution in [0.5, 0.6) is 0 Å². The molecule has 0 radical (unpaired) electrons. The molecule has 3 aromatic rings. The fourth-order valence-corrected chi connectivity index (χ4v) is 3.21. The zero-order valence-corrected chi connectivity index (χ0v) is 13.9. The lowest BCUT2D eigenvalue weighted by molar-refractivity contribution is 0.0787. The molecule has 0 N–H and O–H groups in total. The molecule has 0 spiro atoms. The van der Waals surface area contributed by atoms with Gasteiger partial charge < -0.3 is 14.2 Å². The summed E-state index contributed by atoms with van der Waals surface area (Å²) in [6.45, 7) is 1.51. The number of carbonyl (C=O) groups excluding carboxylic acids is 1. The van der Waals surface area contributed by atoms with Crippen molar-refractivity contribution in [2.45, 2.75) is 18.9 Å². The lowest BCUT2D eigenvalue weighted by Gasteiger charge is -2.16. The molecule has 1 aliphatic rings. The van der Waals surface area contributed by atoms with Crippen molar-refractivity contribution in [2.75, 3.05) is 20.2 Å². The highest BCUT2D eigenvalue weighted by Gasteiger charge is 2.32. The van der Waals surface area contributed by atoms with Gasteiger partial charge in [-0.1, -0.05) is 29.4 Å². The van der Waals surface area contributed by atoms with Crippen LogP contribution in [0.4, 0.5) is 0 Å². The third-order valence-corrected chi connectivity index (χ3v) is 4.47. The van der Waals surface area contributed by atoms with E-state index in [4.69, 9.17) is 9.26 Å². The van der Waals surface area contributed by atoms with Gasteiger partial charge in [0.2, 0.25) is 0 Å². The molecule has 128 valence electrons. The number of methoxy groups -OCH3 is 1. The summed E-state index contributed by atoms with van der Waals surface area (Å²) in [4.78, 5) is 23.4. The van der Waals surface area contributed by atoms with Gasteiger partial charge in [-0.05, 0) is 17.9 Å². The van der Waals surface area contributed by atoms with E-state index in [9.17, 15) is 4.79 Å². The molecule has 2 aromatic heterocycles. The number of pyridine rings is 1. The first kappa shape index (κ1) is 15.7. The molecular weight excluding hydrogens is 320 g/mol. The van der Waals surface area contributed by atoms with Gasteiger partial charge in [0.15, 0.2) is 5.82 Å². The van der Waals surface area contributed by atoms with E-state index in [1.165, 1.54) is 0 Å². The maximum absolute atomic E-state index is 12.9. The van der Waals surface area contributed by atoms with Crippen molar-refractivity contribution in [1.82, 2.24) is 20.0 Å². The second kappa shape index (κ2) is 6.60. The van der Waals surface area contributed by atoms with Crippen LogP contribution in [0, 0.1) is 0 Å². The molecule has 1 saturated heterocycles. The van der Waals surface area contributed by atoms with Gasteiger partial charge in [0.1, 0.15) is 12.3 Å². The molecule has 0 bridgehead atoms. The van der Waals surface area contributed by atoms with Crippen LogP contribution in [0.3, 0.4) is 0 Å². The minimum absolute atomic E-state index is 0.0556. The second-order valence-electron chi connectivity index (χ2n) is 6.10. The van der Waals surface area contributed by atoms with Gasteiger partial charge in [-0.2, -0.15) is 4.98 Å². The average molecular weight is 338 g/mol. The molecule has 25 heavy (non-hydrogen) atoms. The van der Waals surface area contributed by atoms with E-state index in [-0.39, 0.29) is 11.8 Å². The van der Waals surface area contributed by atoms with E-state index >= 15 is 0 Å². The Balaban J connectivity index is 1.53. The molecule has 0 saturated carbocycles. The lowest BCUT2D eigenvalue weighted by Crippen LogP contribution is -2.29. The van der Waals surface area contributed by atoms with Crippen molar-refractivity contribution in [3.63, 3.8) is 0 Å². The van der Waals surface area contributed by atoms with Gasteiger partial charge in [0.25, 0.3) is 11.8 Å². The van der Waals surface area contributed by atoms with E-state index < -0.39 is 0 Å². The Morgan fingerprint density at radius 2 is 2.24 bits per heavy atom. The molecule has 1 aliphatic heterocycles. The van der Waals surface area contributed by atoms with Gasteiger partial charge in [-0.25, -0.2) is 0 Å². The first-order chi connectivity index (χ1) is 12.3. The van der Waals surface area contributed by atoms with Crippen molar-refractivity contribution in [2.24, 2.45) is 0 Å². The van der Waals surface area contributed by atoms with Crippen LogP contribution in [-0.4, -0.2) is 46.1 Å². The highest BCUT2D eigenvalue weighted by Crippen LogP contribution is 2.27. The largest absolute Gasteiger partial charge is 0.375 e. The number of fused-ring (bicyclic) bond motifs is 1. The maximum Gasteiger partial charge on any atom is 0.273 e. The zero-order valence-electron chi connectivity index (χ0n) is 13.9. The normalized spacial score (nSPS) is 17.3. The number of nitrogens with zero attached hydrogens (tertiary/aromatic N) is 4. The smallest absolute Gasteiger partial charge is 0.273 e. The SMILES string of the molecule is COCc1nc(C2CCN(C(=O)c3nccc4ccccc34)C2)no1. The molecular formula is C18H18N4O3. The summed E-state index contributed by atoms with van der Waals surface area (Å²) in [6, 6.07) is 9.70. The summed E-state index contributed by atoms with van der Waals surface area (Å²) in [5, 5.41) is 5.90. The van der Waals surface area contributed by atoms with Crippen molar-refractivity contribution < 1.29 is 14.1 Å². The average Bonchev–Trinajstić information content (AvgIpc) is 3.30. The number of benzene rings is 1. The van der Waals surface area contributed by atoms with Crippen LogP contribution in [0.1, 0.15) is 34.5 Å². The number of hydrogen-bond acceptors (Lipinski definition) is 6. The summed E-state index contributed by atoms with van der Waals surface area (Å²) in [5.41, 5.74) is 0.493. The van der Waals surface area contributed by atoms with Gasteiger partial charge in [-0.15, -0.1) is 0 Å². The minimum Gasteiger partial charge on any atom is -0.375 e. The van der Waals surface area contributed by atoms with E-state index in [0.29, 0.717) is 37.1 Å². The summed E-state index contributed by atoms with van der Waals surface area (Å²) in [6.07, 6.45) is 2.49. The Morgan fingerprint density at radius 1 is 1.36 bits per heavy atom. The van der Waals surface area contributed by atoms with Gasteiger partial charge >= 0.3 is 0 Å². The van der Waals surface area contributed by atoms with Crippen molar-refractivity contribution in [3.05, 3.63) is 53.9 Å². The summed E-state index contributed by atoms with van der Waals surface area (Å²) in [5.74, 6) is 1.11. The highest BCUT2D eigenvalue weighted by atomic mass is 16.5. The molecule has 7 heteroatoms. The molecule has 4 rings (SSSR count). The van der Waals surface area contributed by atoms with Crippen LogP contribution < -0.4 is 0 Å². The topological polar surface area (TPSA) is 81.4 Å². The van der Waals surface area contributed by atoms with E-state index in [0.717, 1.165) is 17.2 Å². The third kappa shape index (κ3) is 2.98. The third-order valence-electron chi connectivity index (χ3n) is 4.47. The Hall–Kier alpha value is -2.80. The van der Waals surface area contributed by atoms with Crippen LogP contribution in [0.15, 0.2) is 41.1 Å². The number of likely N-dealkylation sites (tertiary alicyclic amines) is 1. The summed E-state index contributed by atoms with van der Waals surface area (Å²) >= 11 is 0. The van der Waals surface area contributed by atoms with Crippen LogP contribution in [0.25, 0.3) is 10.8 Å². The first-order valence-corrected chi connectivity index (χ1v) is 8.20. The quantitative estimate of drug-likeness (QED) is 0.726. The first-order valence-electron chi connectivity index (χ1n) is 8.20. The Morgan fingerprint density at radius 3 is 3.12 bits per heavy atom. The maximum atomic E-state index is 12.9. The van der Waals surface area contributed by atoms with Crippen molar-refractivity contribution in [1.29, 1.82) is 0 Å². The van der Waals surface area contributed by atoms with Crippen molar-refractivity contribution in [3.8, 4) is 0 Å². The van der Waals surface area contributed by atoms with Crippen LogP contribution >= 0.6 is 0 Å². The fourth-order valence-electron chi connectivity index (χ4n) is 3.21. The molecule has 0 aliphatic carbocycles. The molecule has 1 atom stereocenters. The molecule has 1 amide bonds. The van der Waals surface area contributed by atoms with Gasteiger partial charge in [-0.3, -0.25) is 9.78 Å². The predicted octanol–water partition coefficient (Wildman–Crippen LogP) is 2.39. The number of amides is 1. The van der Waals surface area contributed by atoms with E-state index in [1.807, 2.05) is 35.2 Å². The lowest BCUT2D eigenvalue weighted by atomic mass is 10.1. The Bertz CT molecular complexity index is 903. The highest BCUT2D eigenvalue weighted by molar-refractivity contribution is 6.05. The Labute approximate surface area is 144 Å². The minimum atomic E-state index is -0.0556. The number of ether oxygens (including phenoxy) is 1. The van der Waals surface area contributed by atoms with Crippen LogP contribution in [-0.2, 0) is 11.3 Å². The fraction of sp³-hybridized carbons (Fsp3) is 0.333. The molecule has 7 nitrogen and oxygen atoms in total. The second-order valence-corrected chi connectivity index (χ2v) is 6.10. The Kier molecular flexibility index (Phi) is 4.15. The molecule has 1 fully saturated rings. The zero-order chi connectivity index (χ0) is 17.2. The number of rotatable bonds is 4. The van der Waals surface area contributed by atoms with Crippen molar-refractivity contribution >= 4 is 16.7 Å². The number of hydrogen-bond donors (Lipinski definition) is 0. The molecule has 3 heterocycles. The van der Waals surface area contributed by atoms with Crippen LogP contribution in [0.2, 0.25) is 0 Å². The molecule has 1 aromatic carbocycles. The van der Waals surface area contributed by atoms with Gasteiger partial charge in [0.05, 0.1) is 0 Å². The van der Waals surface area contributed by atoms with E-state index in [2.05, 4.69) is 15.1 Å². The number of carbonyl (C=O) groups is 1. The summed E-state index contributed by atoms with van der Waals surface area (Å²) < 4.78 is 10.1.